The first-order valence-electron chi connectivity index (χ1n) is 9.56. The number of carbonyl (C=O) groups excluding carboxylic acids is 1. The SMILES string of the molecule is C=CC=N/C=C(\C=C/C)c1nc(Nc2ccccc2C(N)=O)c2cc(OC)ccc2n1. The van der Waals surface area contributed by atoms with Crippen LogP contribution in [0.1, 0.15) is 23.1 Å². The van der Waals surface area contributed by atoms with Gasteiger partial charge in [0.25, 0.3) is 5.91 Å². The summed E-state index contributed by atoms with van der Waals surface area (Å²) in [6.07, 6.45) is 8.58. The van der Waals surface area contributed by atoms with E-state index in [9.17, 15) is 4.79 Å². The molecule has 1 heterocycles. The van der Waals surface area contributed by atoms with Crippen LogP contribution in [0, 0.1) is 0 Å². The third-order valence-corrected chi connectivity index (χ3v) is 4.36. The minimum Gasteiger partial charge on any atom is -0.497 e. The van der Waals surface area contributed by atoms with Crippen LogP contribution in [0.15, 0.2) is 78.5 Å². The second-order valence-corrected chi connectivity index (χ2v) is 6.43. The molecule has 3 N–H and O–H groups in total. The number of allylic oxidation sites excluding steroid dienone is 4. The summed E-state index contributed by atoms with van der Waals surface area (Å²) in [5, 5.41) is 3.97. The monoisotopic (exact) mass is 413 g/mol. The molecule has 7 nitrogen and oxygen atoms in total. The van der Waals surface area contributed by atoms with Crippen LogP contribution in [0.5, 0.6) is 5.75 Å². The van der Waals surface area contributed by atoms with E-state index in [2.05, 4.69) is 16.9 Å². The fourth-order valence-corrected chi connectivity index (χ4v) is 2.93. The van der Waals surface area contributed by atoms with Crippen molar-refractivity contribution >= 4 is 40.1 Å². The van der Waals surface area contributed by atoms with Gasteiger partial charge in [0.15, 0.2) is 5.82 Å². The quantitative estimate of drug-likeness (QED) is 0.413. The van der Waals surface area contributed by atoms with E-state index < -0.39 is 5.91 Å². The van der Waals surface area contributed by atoms with E-state index in [0.29, 0.717) is 39.7 Å². The number of amides is 1. The fourth-order valence-electron chi connectivity index (χ4n) is 2.93. The molecule has 0 radical (unpaired) electrons. The number of anilines is 2. The number of nitrogens with zero attached hydrogens (tertiary/aromatic N) is 3. The van der Waals surface area contributed by atoms with Crippen LogP contribution in [0.25, 0.3) is 16.5 Å². The summed E-state index contributed by atoms with van der Waals surface area (Å²) < 4.78 is 5.36. The molecule has 3 aromatic rings. The van der Waals surface area contributed by atoms with Gasteiger partial charge in [-0.3, -0.25) is 9.79 Å². The van der Waals surface area contributed by atoms with E-state index in [4.69, 9.17) is 20.4 Å². The lowest BCUT2D eigenvalue weighted by Crippen LogP contribution is -2.13. The van der Waals surface area contributed by atoms with Crippen LogP contribution in [0.3, 0.4) is 0 Å². The lowest BCUT2D eigenvalue weighted by Gasteiger charge is -2.14. The molecule has 3 rings (SSSR count). The second-order valence-electron chi connectivity index (χ2n) is 6.43. The zero-order valence-electron chi connectivity index (χ0n) is 17.4. The van der Waals surface area contributed by atoms with Crippen LogP contribution in [-0.2, 0) is 0 Å². The highest BCUT2D eigenvalue weighted by molar-refractivity contribution is 6.01. The molecule has 0 spiro atoms. The van der Waals surface area contributed by atoms with Crippen LogP contribution in [-0.4, -0.2) is 29.2 Å². The Morgan fingerprint density at radius 2 is 2.03 bits per heavy atom. The van der Waals surface area contributed by atoms with Crippen molar-refractivity contribution in [2.45, 2.75) is 6.92 Å². The number of aliphatic imine (C=N–C) groups is 1. The predicted molar refractivity (Wildman–Crippen MR) is 126 cm³/mol. The van der Waals surface area contributed by atoms with Gasteiger partial charge in [-0.25, -0.2) is 9.97 Å². The second kappa shape index (κ2) is 9.98. The summed E-state index contributed by atoms with van der Waals surface area (Å²) in [5.74, 6) is 1.11. The highest BCUT2D eigenvalue weighted by atomic mass is 16.5. The number of nitrogens with two attached hydrogens (primary N) is 1. The topological polar surface area (TPSA) is 102 Å². The van der Waals surface area contributed by atoms with Crippen LogP contribution < -0.4 is 15.8 Å². The molecule has 0 saturated heterocycles. The first-order chi connectivity index (χ1) is 15.1. The van der Waals surface area contributed by atoms with Crippen molar-refractivity contribution in [1.29, 1.82) is 0 Å². The van der Waals surface area contributed by atoms with Gasteiger partial charge in [-0.2, -0.15) is 0 Å². The third-order valence-electron chi connectivity index (χ3n) is 4.36. The highest BCUT2D eigenvalue weighted by Gasteiger charge is 2.14. The zero-order chi connectivity index (χ0) is 22.2. The Labute approximate surface area is 180 Å². The lowest BCUT2D eigenvalue weighted by atomic mass is 10.1. The molecule has 0 fully saturated rings. The van der Waals surface area contributed by atoms with Gasteiger partial charge in [-0.1, -0.05) is 36.9 Å². The van der Waals surface area contributed by atoms with Crippen molar-refractivity contribution in [1.82, 2.24) is 9.97 Å². The normalized spacial score (nSPS) is 11.9. The largest absolute Gasteiger partial charge is 0.497 e. The van der Waals surface area contributed by atoms with Crippen molar-refractivity contribution in [2.24, 2.45) is 10.7 Å². The van der Waals surface area contributed by atoms with Crippen LogP contribution in [0.4, 0.5) is 11.5 Å². The number of ether oxygens (including phenoxy) is 1. The smallest absolute Gasteiger partial charge is 0.250 e. The number of benzene rings is 2. The van der Waals surface area contributed by atoms with Gasteiger partial charge in [-0.15, -0.1) is 0 Å². The van der Waals surface area contributed by atoms with E-state index in [0.717, 1.165) is 5.39 Å². The molecule has 0 saturated carbocycles. The summed E-state index contributed by atoms with van der Waals surface area (Å²) in [7, 11) is 1.59. The first-order valence-corrected chi connectivity index (χ1v) is 9.56. The number of primary amides is 1. The number of carbonyl (C=O) groups is 1. The predicted octanol–water partition coefficient (Wildman–Crippen LogP) is 4.65. The minimum absolute atomic E-state index is 0.360. The van der Waals surface area contributed by atoms with Gasteiger partial charge in [0.05, 0.1) is 23.9 Å². The number of rotatable bonds is 8. The summed E-state index contributed by atoms with van der Waals surface area (Å²) >= 11 is 0. The number of hydrogen-bond acceptors (Lipinski definition) is 6. The van der Waals surface area contributed by atoms with Gasteiger partial charge in [0.1, 0.15) is 11.6 Å². The number of hydrogen-bond donors (Lipinski definition) is 2. The van der Waals surface area contributed by atoms with Gasteiger partial charge in [0.2, 0.25) is 0 Å². The Hall–Kier alpha value is -4.26. The van der Waals surface area contributed by atoms with Crippen molar-refractivity contribution in [2.75, 3.05) is 12.4 Å². The highest BCUT2D eigenvalue weighted by Crippen LogP contribution is 2.30. The summed E-state index contributed by atoms with van der Waals surface area (Å²) in [4.78, 5) is 25.5. The van der Waals surface area contributed by atoms with E-state index in [1.54, 1.807) is 43.8 Å². The molecule has 0 atom stereocenters. The Bertz CT molecular complexity index is 1210. The molecule has 0 aliphatic heterocycles. The van der Waals surface area contributed by atoms with Crippen molar-refractivity contribution in [3.8, 4) is 5.75 Å². The molecule has 0 unspecified atom stereocenters. The molecule has 2 aromatic carbocycles. The number of fused-ring (bicyclic) bond motifs is 1. The van der Waals surface area contributed by atoms with Gasteiger partial charge in [-0.05, 0) is 37.3 Å². The number of aromatic nitrogens is 2. The standard InChI is InChI=1S/C24H23N5O2/c1-4-8-16(15-26-13-5-2)23-27-21-12-11-17(31-3)14-19(21)24(29-23)28-20-10-7-6-9-18(20)22(25)30/h4-15H,2H2,1,3H3,(H2,25,30)(H,27,28,29)/b8-4-,16-15+,26-13?. The van der Waals surface area contributed by atoms with Gasteiger partial charge in [0, 0.05) is 23.4 Å². The third kappa shape index (κ3) is 5.02. The molecule has 31 heavy (non-hydrogen) atoms. The molecule has 0 aliphatic rings. The van der Waals surface area contributed by atoms with Crippen molar-refractivity contribution in [3.05, 3.63) is 84.9 Å². The molecule has 0 bridgehead atoms. The summed E-state index contributed by atoms with van der Waals surface area (Å²) in [6, 6.07) is 12.5. The van der Waals surface area contributed by atoms with Crippen LogP contribution in [0.2, 0.25) is 0 Å². The Balaban J connectivity index is 2.22. The molecular weight excluding hydrogens is 390 g/mol. The average molecular weight is 413 g/mol. The molecule has 1 amide bonds. The molecule has 0 aliphatic carbocycles. The maximum absolute atomic E-state index is 11.9. The number of methoxy groups -OCH3 is 1. The zero-order valence-corrected chi connectivity index (χ0v) is 17.4. The maximum Gasteiger partial charge on any atom is 0.250 e. The molecule has 7 heteroatoms. The average Bonchev–Trinajstić information content (AvgIpc) is 2.78. The maximum atomic E-state index is 11.9. The Kier molecular flexibility index (Phi) is 6.90. The number of para-hydroxylation sites is 1. The fraction of sp³-hybridized carbons (Fsp3) is 0.0833. The minimum atomic E-state index is -0.535. The van der Waals surface area contributed by atoms with E-state index in [1.807, 2.05) is 43.3 Å². The van der Waals surface area contributed by atoms with Gasteiger partial charge < -0.3 is 15.8 Å². The Morgan fingerprint density at radius 1 is 1.23 bits per heavy atom. The molecular formula is C24H23N5O2. The van der Waals surface area contributed by atoms with E-state index in [-0.39, 0.29) is 0 Å². The van der Waals surface area contributed by atoms with E-state index in [1.165, 1.54) is 0 Å². The van der Waals surface area contributed by atoms with Crippen molar-refractivity contribution in [3.63, 3.8) is 0 Å². The summed E-state index contributed by atoms with van der Waals surface area (Å²) in [6.45, 7) is 5.53. The summed E-state index contributed by atoms with van der Waals surface area (Å²) in [5.41, 5.74) is 7.86. The lowest BCUT2D eigenvalue weighted by molar-refractivity contribution is 0.100. The number of nitrogens with one attached hydrogen (secondary N) is 1. The molecule has 1 aromatic heterocycles. The van der Waals surface area contributed by atoms with Crippen molar-refractivity contribution < 1.29 is 9.53 Å². The van der Waals surface area contributed by atoms with E-state index >= 15 is 0 Å². The van der Waals surface area contributed by atoms with Crippen LogP contribution >= 0.6 is 0 Å². The molecule has 156 valence electrons. The Morgan fingerprint density at radius 3 is 2.74 bits per heavy atom. The van der Waals surface area contributed by atoms with Gasteiger partial charge >= 0.3 is 0 Å². The first kappa shape index (κ1) is 21.4.